The second-order valence-electron chi connectivity index (χ2n) is 7.71. The number of anilines is 1. The molecule has 4 aromatic rings. The van der Waals surface area contributed by atoms with Crippen LogP contribution in [0.1, 0.15) is 15.9 Å². The van der Waals surface area contributed by atoms with E-state index in [4.69, 9.17) is 16.3 Å². The number of carbonyl (C=O) groups is 1. The molecule has 0 radical (unpaired) electrons. The van der Waals surface area contributed by atoms with E-state index < -0.39 is 21.4 Å². The van der Waals surface area contributed by atoms with Crippen LogP contribution in [0.4, 0.5) is 5.69 Å². The Morgan fingerprint density at radius 1 is 1.06 bits per heavy atom. The zero-order chi connectivity index (χ0) is 25.0. The van der Waals surface area contributed by atoms with E-state index in [0.717, 1.165) is 5.56 Å². The molecule has 0 aliphatic rings. The SMILES string of the molecule is COc1cccc(NS(=O)(=O)c2ccc3[nH]cc(C(=O)NCCc4ccc(Cl)cc4)c(=O)c3c2)c1. The lowest BCUT2D eigenvalue weighted by Gasteiger charge is -2.10. The zero-order valence-corrected chi connectivity index (χ0v) is 20.2. The Balaban J connectivity index is 1.55. The fraction of sp³-hybridized carbons (Fsp3) is 0.120. The van der Waals surface area contributed by atoms with Crippen LogP contribution in [0.2, 0.25) is 5.02 Å². The minimum atomic E-state index is -4.00. The summed E-state index contributed by atoms with van der Waals surface area (Å²) in [7, 11) is -2.52. The second-order valence-corrected chi connectivity index (χ2v) is 9.83. The van der Waals surface area contributed by atoms with Gasteiger partial charge in [0, 0.05) is 34.7 Å². The maximum Gasteiger partial charge on any atom is 0.261 e. The summed E-state index contributed by atoms with van der Waals surface area (Å²) in [4.78, 5) is 28.5. The van der Waals surface area contributed by atoms with Gasteiger partial charge >= 0.3 is 0 Å². The molecule has 0 spiro atoms. The van der Waals surface area contributed by atoms with Gasteiger partial charge in [0.2, 0.25) is 5.43 Å². The summed E-state index contributed by atoms with van der Waals surface area (Å²) in [5.41, 5.74) is 1.03. The molecule has 8 nitrogen and oxygen atoms in total. The number of methoxy groups -OCH3 is 1. The molecule has 0 atom stereocenters. The number of halogens is 1. The quantitative estimate of drug-likeness (QED) is 0.331. The van der Waals surface area contributed by atoms with Crippen molar-refractivity contribution in [1.82, 2.24) is 10.3 Å². The number of H-pyrrole nitrogens is 1. The molecule has 0 saturated heterocycles. The molecule has 0 aliphatic heterocycles. The van der Waals surface area contributed by atoms with Gasteiger partial charge < -0.3 is 15.0 Å². The van der Waals surface area contributed by atoms with Gasteiger partial charge in [-0.1, -0.05) is 29.8 Å². The lowest BCUT2D eigenvalue weighted by molar-refractivity contribution is 0.0953. The maximum absolute atomic E-state index is 13.0. The minimum absolute atomic E-state index is 0.0869. The third-order valence-electron chi connectivity index (χ3n) is 5.34. The van der Waals surface area contributed by atoms with Gasteiger partial charge in [-0.25, -0.2) is 8.42 Å². The van der Waals surface area contributed by atoms with Crippen molar-refractivity contribution in [2.75, 3.05) is 18.4 Å². The molecule has 3 aromatic carbocycles. The molecular formula is C25H22ClN3O5S. The number of fused-ring (bicyclic) bond motifs is 1. The molecule has 4 rings (SSSR count). The lowest BCUT2D eigenvalue weighted by atomic mass is 10.1. The number of ether oxygens (including phenoxy) is 1. The normalized spacial score (nSPS) is 11.3. The summed E-state index contributed by atoms with van der Waals surface area (Å²) < 4.78 is 33.4. The van der Waals surface area contributed by atoms with Crippen molar-refractivity contribution in [1.29, 1.82) is 0 Å². The summed E-state index contributed by atoms with van der Waals surface area (Å²) in [6.07, 6.45) is 1.89. The molecule has 3 N–H and O–H groups in total. The molecule has 35 heavy (non-hydrogen) atoms. The van der Waals surface area contributed by atoms with E-state index in [9.17, 15) is 18.0 Å². The van der Waals surface area contributed by atoms with Crippen LogP contribution in [0.25, 0.3) is 10.9 Å². The third-order valence-corrected chi connectivity index (χ3v) is 6.97. The number of hydrogen-bond donors (Lipinski definition) is 3. The smallest absolute Gasteiger partial charge is 0.261 e. The molecule has 0 saturated carbocycles. The predicted molar refractivity (Wildman–Crippen MR) is 136 cm³/mol. The second kappa shape index (κ2) is 10.2. The number of aromatic amines is 1. The van der Waals surface area contributed by atoms with Crippen LogP contribution in [0.15, 0.2) is 82.6 Å². The highest BCUT2D eigenvalue weighted by Crippen LogP contribution is 2.22. The molecular weight excluding hydrogens is 490 g/mol. The standard InChI is InChI=1S/C25H22ClN3O5S/c1-34-19-4-2-3-18(13-19)29-35(32,33)20-9-10-23-21(14-20)24(30)22(15-28-23)25(31)27-12-11-16-5-7-17(26)8-6-16/h2-10,13-15,29H,11-12H2,1H3,(H,27,31)(H,28,30). The number of amides is 1. The summed E-state index contributed by atoms with van der Waals surface area (Å²) in [5.74, 6) is -0.0586. The van der Waals surface area contributed by atoms with Crippen molar-refractivity contribution in [2.45, 2.75) is 11.3 Å². The van der Waals surface area contributed by atoms with Crippen LogP contribution >= 0.6 is 11.6 Å². The van der Waals surface area contributed by atoms with E-state index in [0.29, 0.717) is 34.9 Å². The van der Waals surface area contributed by atoms with Crippen LogP contribution in [0.3, 0.4) is 0 Å². The van der Waals surface area contributed by atoms with E-state index in [2.05, 4.69) is 15.0 Å². The van der Waals surface area contributed by atoms with Crippen LogP contribution in [0.5, 0.6) is 5.75 Å². The van der Waals surface area contributed by atoms with E-state index in [-0.39, 0.29) is 15.8 Å². The van der Waals surface area contributed by atoms with E-state index in [1.54, 1.807) is 30.3 Å². The molecule has 180 valence electrons. The largest absolute Gasteiger partial charge is 0.497 e. The number of carbonyl (C=O) groups excluding carboxylic acids is 1. The maximum atomic E-state index is 13.0. The topological polar surface area (TPSA) is 117 Å². The first-order chi connectivity index (χ1) is 16.8. The summed E-state index contributed by atoms with van der Waals surface area (Å²) >= 11 is 5.88. The Labute approximate surface area is 207 Å². The molecule has 1 heterocycles. The van der Waals surface area contributed by atoms with Gasteiger partial charge in [0.05, 0.1) is 17.7 Å². The number of pyridine rings is 1. The van der Waals surface area contributed by atoms with Gasteiger partial charge in [0.15, 0.2) is 0 Å². The first-order valence-corrected chi connectivity index (χ1v) is 12.5. The fourth-order valence-corrected chi connectivity index (χ4v) is 4.70. The fourth-order valence-electron chi connectivity index (χ4n) is 3.50. The highest BCUT2D eigenvalue weighted by atomic mass is 35.5. The number of sulfonamides is 1. The van der Waals surface area contributed by atoms with Gasteiger partial charge in [-0.3, -0.25) is 14.3 Å². The van der Waals surface area contributed by atoms with Gasteiger partial charge in [0.1, 0.15) is 11.3 Å². The minimum Gasteiger partial charge on any atom is -0.497 e. The van der Waals surface area contributed by atoms with Crippen molar-refractivity contribution >= 4 is 44.1 Å². The Morgan fingerprint density at radius 3 is 2.57 bits per heavy atom. The van der Waals surface area contributed by atoms with Crippen LogP contribution in [-0.2, 0) is 16.4 Å². The summed E-state index contributed by atoms with van der Waals surface area (Å²) in [5, 5.41) is 3.43. The van der Waals surface area contributed by atoms with Crippen molar-refractivity contribution in [3.05, 3.63) is 99.3 Å². The zero-order valence-electron chi connectivity index (χ0n) is 18.7. The Bertz CT molecular complexity index is 1550. The molecule has 0 unspecified atom stereocenters. The number of benzene rings is 3. The highest BCUT2D eigenvalue weighted by molar-refractivity contribution is 7.92. The monoisotopic (exact) mass is 511 g/mol. The number of hydrogen-bond acceptors (Lipinski definition) is 5. The summed E-state index contributed by atoms with van der Waals surface area (Å²) in [6, 6.07) is 17.8. The van der Waals surface area contributed by atoms with E-state index in [1.807, 2.05) is 12.1 Å². The van der Waals surface area contributed by atoms with Crippen molar-refractivity contribution in [2.24, 2.45) is 0 Å². The van der Waals surface area contributed by atoms with Crippen molar-refractivity contribution < 1.29 is 17.9 Å². The average Bonchev–Trinajstić information content (AvgIpc) is 2.85. The molecule has 0 aliphatic carbocycles. The molecule has 0 fully saturated rings. The molecule has 1 aromatic heterocycles. The van der Waals surface area contributed by atoms with Gasteiger partial charge in [-0.05, 0) is 54.4 Å². The molecule has 10 heteroatoms. The van der Waals surface area contributed by atoms with Crippen LogP contribution in [-0.4, -0.2) is 33.0 Å². The van der Waals surface area contributed by atoms with Gasteiger partial charge in [-0.2, -0.15) is 0 Å². The summed E-state index contributed by atoms with van der Waals surface area (Å²) in [6.45, 7) is 0.316. The molecule has 1 amide bonds. The predicted octanol–water partition coefficient (Wildman–Crippen LogP) is 3.96. The molecule has 0 bridgehead atoms. The lowest BCUT2D eigenvalue weighted by Crippen LogP contribution is -2.30. The van der Waals surface area contributed by atoms with Crippen molar-refractivity contribution in [3.63, 3.8) is 0 Å². The Kier molecular flexibility index (Phi) is 7.09. The average molecular weight is 512 g/mol. The first-order valence-electron chi connectivity index (χ1n) is 10.6. The number of aromatic nitrogens is 1. The van der Waals surface area contributed by atoms with Gasteiger partial charge in [-0.15, -0.1) is 0 Å². The first kappa shape index (κ1) is 24.3. The van der Waals surface area contributed by atoms with Crippen LogP contribution < -0.4 is 20.2 Å². The Hall–Kier alpha value is -3.82. The van der Waals surface area contributed by atoms with Crippen molar-refractivity contribution in [3.8, 4) is 5.75 Å². The Morgan fingerprint density at radius 2 is 1.83 bits per heavy atom. The van der Waals surface area contributed by atoms with E-state index >= 15 is 0 Å². The number of rotatable bonds is 8. The third kappa shape index (κ3) is 5.64. The van der Waals surface area contributed by atoms with E-state index in [1.165, 1.54) is 37.6 Å². The number of nitrogens with one attached hydrogen (secondary N) is 3. The van der Waals surface area contributed by atoms with Gasteiger partial charge in [0.25, 0.3) is 15.9 Å². The highest BCUT2D eigenvalue weighted by Gasteiger charge is 2.18. The van der Waals surface area contributed by atoms with Crippen LogP contribution in [0, 0.1) is 0 Å².